The zero-order chi connectivity index (χ0) is 11.3. The Morgan fingerprint density at radius 3 is 3.12 bits per heavy atom. The third-order valence-electron chi connectivity index (χ3n) is 2.69. The van der Waals surface area contributed by atoms with Crippen molar-refractivity contribution in [2.24, 2.45) is 0 Å². The van der Waals surface area contributed by atoms with E-state index in [1.54, 1.807) is 10.6 Å². The Labute approximate surface area is 98.8 Å². The number of rotatable bonds is 0. The third kappa shape index (κ3) is 1.19. The lowest BCUT2D eigenvalue weighted by Gasteiger charge is -2.09. The van der Waals surface area contributed by atoms with Crippen LogP contribution >= 0.6 is 15.9 Å². The van der Waals surface area contributed by atoms with Crippen LogP contribution in [0.4, 0.5) is 10.2 Å². The first-order valence-corrected chi connectivity index (χ1v) is 5.65. The van der Waals surface area contributed by atoms with E-state index >= 15 is 0 Å². The molecule has 3 rings (SSSR count). The third-order valence-corrected chi connectivity index (χ3v) is 3.33. The topological polar surface area (TPSA) is 53.7 Å². The molecule has 2 aromatic rings. The number of hydrogen-bond donors (Lipinski definition) is 2. The summed E-state index contributed by atoms with van der Waals surface area (Å²) in [6, 6.07) is 3.01. The van der Waals surface area contributed by atoms with Crippen LogP contribution in [-0.4, -0.2) is 16.1 Å². The molecule has 4 nitrogen and oxygen atoms in total. The van der Waals surface area contributed by atoms with Crippen molar-refractivity contribution in [2.75, 3.05) is 11.9 Å². The molecule has 0 aliphatic carbocycles. The minimum Gasteiger partial charge on any atom is -0.369 e. The zero-order valence-corrected chi connectivity index (χ0v) is 9.81. The Morgan fingerprint density at radius 2 is 2.31 bits per heavy atom. The van der Waals surface area contributed by atoms with Gasteiger partial charge in [0.1, 0.15) is 11.6 Å². The van der Waals surface area contributed by atoms with E-state index in [1.807, 2.05) is 0 Å². The molecule has 2 N–H and O–H groups in total. The van der Waals surface area contributed by atoms with Crippen molar-refractivity contribution in [2.45, 2.75) is 6.54 Å². The van der Waals surface area contributed by atoms with Crippen LogP contribution in [0.5, 0.6) is 0 Å². The summed E-state index contributed by atoms with van der Waals surface area (Å²) >= 11 is 3.32. The molecule has 16 heavy (non-hydrogen) atoms. The van der Waals surface area contributed by atoms with E-state index < -0.39 is 0 Å². The standard InChI is InChI=1S/C10H8BrFN4/c11-5-1-2-6(12)7-8(5)15-10(13)16-4-3-14-9(7)16/h1-2,13-14H,3-4H2. The van der Waals surface area contributed by atoms with Crippen molar-refractivity contribution >= 4 is 32.7 Å². The second kappa shape index (κ2) is 3.28. The highest BCUT2D eigenvalue weighted by molar-refractivity contribution is 9.10. The molecule has 1 aliphatic heterocycles. The van der Waals surface area contributed by atoms with Gasteiger partial charge in [-0.2, -0.15) is 0 Å². The first kappa shape index (κ1) is 9.77. The van der Waals surface area contributed by atoms with E-state index in [-0.39, 0.29) is 11.4 Å². The minimum absolute atomic E-state index is 0.152. The summed E-state index contributed by atoms with van der Waals surface area (Å²) in [5.74, 6) is 0.331. The van der Waals surface area contributed by atoms with E-state index in [4.69, 9.17) is 5.41 Å². The van der Waals surface area contributed by atoms with Crippen LogP contribution in [0.25, 0.3) is 10.9 Å². The summed E-state index contributed by atoms with van der Waals surface area (Å²) in [6.07, 6.45) is 0. The summed E-state index contributed by atoms with van der Waals surface area (Å²) in [4.78, 5) is 4.11. The molecule has 2 heterocycles. The van der Waals surface area contributed by atoms with Crippen molar-refractivity contribution in [1.82, 2.24) is 9.55 Å². The second-order valence-electron chi connectivity index (χ2n) is 3.62. The molecule has 1 aromatic heterocycles. The van der Waals surface area contributed by atoms with Gasteiger partial charge in [0, 0.05) is 17.6 Å². The highest BCUT2D eigenvalue weighted by Gasteiger charge is 2.18. The highest BCUT2D eigenvalue weighted by atomic mass is 79.9. The van der Waals surface area contributed by atoms with Crippen LogP contribution in [0.2, 0.25) is 0 Å². The molecule has 0 atom stereocenters. The predicted octanol–water partition coefficient (Wildman–Crippen LogP) is 1.84. The van der Waals surface area contributed by atoms with Crippen molar-refractivity contribution in [3.05, 3.63) is 28.0 Å². The van der Waals surface area contributed by atoms with Crippen LogP contribution < -0.4 is 10.9 Å². The Bertz CT molecular complexity index is 649. The maximum absolute atomic E-state index is 13.8. The fourth-order valence-corrected chi connectivity index (χ4v) is 2.39. The zero-order valence-electron chi connectivity index (χ0n) is 8.22. The van der Waals surface area contributed by atoms with Gasteiger partial charge in [0.2, 0.25) is 5.62 Å². The molecule has 82 valence electrons. The molecule has 0 spiro atoms. The molecule has 0 unspecified atom stereocenters. The van der Waals surface area contributed by atoms with Crippen molar-refractivity contribution < 1.29 is 4.39 Å². The van der Waals surface area contributed by atoms with Crippen LogP contribution in [0, 0.1) is 11.2 Å². The minimum atomic E-state index is -0.316. The van der Waals surface area contributed by atoms with Gasteiger partial charge >= 0.3 is 0 Å². The average molecular weight is 283 g/mol. The average Bonchev–Trinajstić information content (AvgIpc) is 2.73. The first-order chi connectivity index (χ1) is 7.68. The molecule has 0 fully saturated rings. The number of hydrogen-bond acceptors (Lipinski definition) is 3. The summed E-state index contributed by atoms with van der Waals surface area (Å²) in [5.41, 5.74) is 0.643. The van der Waals surface area contributed by atoms with Crippen molar-refractivity contribution in [1.29, 1.82) is 5.41 Å². The molecule has 6 heteroatoms. The van der Waals surface area contributed by atoms with Crippen LogP contribution in [0.1, 0.15) is 0 Å². The van der Waals surface area contributed by atoms with Gasteiger partial charge in [0.15, 0.2) is 0 Å². The van der Waals surface area contributed by atoms with E-state index in [0.29, 0.717) is 34.3 Å². The number of nitrogens with one attached hydrogen (secondary N) is 2. The van der Waals surface area contributed by atoms with Gasteiger partial charge in [-0.1, -0.05) is 0 Å². The molecule has 1 aromatic carbocycles. The van der Waals surface area contributed by atoms with E-state index in [2.05, 4.69) is 26.2 Å². The highest BCUT2D eigenvalue weighted by Crippen LogP contribution is 2.30. The number of halogens is 2. The molecule has 0 amide bonds. The summed E-state index contributed by atoms with van der Waals surface area (Å²) in [7, 11) is 0. The van der Waals surface area contributed by atoms with Gasteiger partial charge in [0.05, 0.1) is 10.9 Å². The fourth-order valence-electron chi connectivity index (χ4n) is 1.97. The van der Waals surface area contributed by atoms with Gasteiger partial charge in [-0.15, -0.1) is 0 Å². The smallest absolute Gasteiger partial charge is 0.224 e. The van der Waals surface area contributed by atoms with Gasteiger partial charge in [-0.25, -0.2) is 9.37 Å². The van der Waals surface area contributed by atoms with E-state index in [0.717, 1.165) is 0 Å². The number of fused-ring (bicyclic) bond motifs is 3. The Hall–Kier alpha value is -1.43. The van der Waals surface area contributed by atoms with E-state index in [9.17, 15) is 4.39 Å². The molecule has 1 aliphatic rings. The second-order valence-corrected chi connectivity index (χ2v) is 4.47. The summed E-state index contributed by atoms with van der Waals surface area (Å²) in [6.45, 7) is 1.36. The molecule has 0 radical (unpaired) electrons. The van der Waals surface area contributed by atoms with Crippen LogP contribution in [-0.2, 0) is 6.54 Å². The number of aromatic nitrogens is 2. The van der Waals surface area contributed by atoms with Crippen molar-refractivity contribution in [3.63, 3.8) is 0 Å². The van der Waals surface area contributed by atoms with E-state index in [1.165, 1.54) is 6.07 Å². The van der Waals surface area contributed by atoms with Gasteiger partial charge in [-0.05, 0) is 28.1 Å². The lowest BCUT2D eigenvalue weighted by atomic mass is 10.2. The van der Waals surface area contributed by atoms with Gasteiger partial charge < -0.3 is 5.32 Å². The van der Waals surface area contributed by atoms with Crippen molar-refractivity contribution in [3.8, 4) is 0 Å². The number of anilines is 1. The Balaban J connectivity index is 2.58. The Kier molecular flexibility index (Phi) is 2.00. The molecular formula is C10H8BrFN4. The molecule has 0 saturated carbocycles. The predicted molar refractivity (Wildman–Crippen MR) is 61.7 cm³/mol. The maximum Gasteiger partial charge on any atom is 0.224 e. The molecule has 0 bridgehead atoms. The fraction of sp³-hybridized carbons (Fsp3) is 0.200. The lowest BCUT2D eigenvalue weighted by Crippen LogP contribution is -2.21. The van der Waals surface area contributed by atoms with Crippen LogP contribution in [0.15, 0.2) is 16.6 Å². The SMILES string of the molecule is N=c1nc2c(Br)ccc(F)c2c2n1CCN2. The maximum atomic E-state index is 13.8. The summed E-state index contributed by atoms with van der Waals surface area (Å²) < 4.78 is 16.2. The summed E-state index contributed by atoms with van der Waals surface area (Å²) in [5, 5.41) is 11.3. The number of nitrogens with zero attached hydrogens (tertiary/aromatic N) is 2. The lowest BCUT2D eigenvalue weighted by molar-refractivity contribution is 0.636. The van der Waals surface area contributed by atoms with Gasteiger partial charge in [-0.3, -0.25) is 9.98 Å². The first-order valence-electron chi connectivity index (χ1n) is 4.85. The normalized spacial score (nSPS) is 13.9. The monoisotopic (exact) mass is 282 g/mol. The Morgan fingerprint density at radius 1 is 1.50 bits per heavy atom. The molecular weight excluding hydrogens is 275 g/mol. The largest absolute Gasteiger partial charge is 0.369 e. The number of benzene rings is 1. The van der Waals surface area contributed by atoms with Gasteiger partial charge in [0.25, 0.3) is 0 Å². The quantitative estimate of drug-likeness (QED) is 0.775. The molecule has 0 saturated heterocycles. The van der Waals surface area contributed by atoms with Crippen LogP contribution in [0.3, 0.4) is 0 Å².